The highest BCUT2D eigenvalue weighted by Crippen LogP contribution is 2.39. The van der Waals surface area contributed by atoms with E-state index in [4.69, 9.17) is 0 Å². The highest BCUT2D eigenvalue weighted by atomic mass is 14.4. The highest BCUT2D eigenvalue weighted by molar-refractivity contribution is 4.81. The van der Waals surface area contributed by atoms with E-state index in [1.165, 1.54) is 0 Å². The van der Waals surface area contributed by atoms with Gasteiger partial charge in [0.25, 0.3) is 0 Å². The molecule has 0 fully saturated rings. The molecule has 98 valence electrons. The monoisotopic (exact) mass is 226 g/mol. The zero-order chi connectivity index (χ0) is 13.0. The minimum Gasteiger partial charge on any atom is -0.0625 e. The molecular weight excluding hydrogens is 192 g/mol. The summed E-state index contributed by atoms with van der Waals surface area (Å²) in [6.07, 6.45) is 0. The first-order chi connectivity index (χ1) is 7.20. The van der Waals surface area contributed by atoms with Crippen molar-refractivity contribution in [2.75, 3.05) is 0 Å². The van der Waals surface area contributed by atoms with Crippen molar-refractivity contribution in [3.05, 3.63) is 0 Å². The summed E-state index contributed by atoms with van der Waals surface area (Å²) in [6, 6.07) is 0. The lowest BCUT2D eigenvalue weighted by Gasteiger charge is -2.40. The van der Waals surface area contributed by atoms with Gasteiger partial charge in [0.1, 0.15) is 0 Å². The molecule has 0 bridgehead atoms. The molecule has 0 aliphatic rings. The molecule has 3 unspecified atom stereocenters. The van der Waals surface area contributed by atoms with E-state index in [1.54, 1.807) is 0 Å². The van der Waals surface area contributed by atoms with Gasteiger partial charge >= 0.3 is 0 Å². The predicted octanol–water partition coefficient (Wildman–Crippen LogP) is 5.48. The van der Waals surface area contributed by atoms with Crippen LogP contribution in [-0.2, 0) is 0 Å². The molecule has 0 heterocycles. The fraction of sp³-hybridized carbons (Fsp3) is 1.00. The second kappa shape index (κ2) is 6.67. The molecule has 0 aromatic rings. The van der Waals surface area contributed by atoms with Crippen LogP contribution in [0.15, 0.2) is 0 Å². The summed E-state index contributed by atoms with van der Waals surface area (Å²) in [5.74, 6) is 5.74. The number of hydrogen-bond acceptors (Lipinski definition) is 0. The zero-order valence-electron chi connectivity index (χ0n) is 13.0. The third kappa shape index (κ3) is 4.11. The Hall–Kier alpha value is 0. The molecule has 0 spiro atoms. The van der Waals surface area contributed by atoms with E-state index >= 15 is 0 Å². The molecular formula is C16H34. The lowest BCUT2D eigenvalue weighted by Crippen LogP contribution is -2.34. The van der Waals surface area contributed by atoms with Gasteiger partial charge in [0.15, 0.2) is 0 Å². The van der Waals surface area contributed by atoms with Crippen molar-refractivity contribution in [2.24, 2.45) is 41.4 Å². The molecule has 0 aromatic carbocycles. The summed E-state index contributed by atoms with van der Waals surface area (Å²) in [6.45, 7) is 21.6. The van der Waals surface area contributed by atoms with Crippen molar-refractivity contribution in [3.63, 3.8) is 0 Å². The fourth-order valence-corrected chi connectivity index (χ4v) is 2.77. The molecule has 0 saturated heterocycles. The Morgan fingerprint density at radius 3 is 0.688 bits per heavy atom. The van der Waals surface area contributed by atoms with Gasteiger partial charge in [-0.05, 0) is 41.4 Å². The Labute approximate surface area is 104 Å². The van der Waals surface area contributed by atoms with E-state index < -0.39 is 0 Å². The molecule has 0 heteroatoms. The average molecular weight is 226 g/mol. The van der Waals surface area contributed by atoms with E-state index in [0.717, 1.165) is 41.4 Å². The third-order valence-electron chi connectivity index (χ3n) is 4.98. The van der Waals surface area contributed by atoms with Gasteiger partial charge in [0.2, 0.25) is 0 Å². The first-order valence-corrected chi connectivity index (χ1v) is 7.20. The molecule has 0 N–H and O–H groups in total. The Morgan fingerprint density at radius 2 is 0.562 bits per heavy atom. The van der Waals surface area contributed by atoms with Crippen molar-refractivity contribution in [1.82, 2.24) is 0 Å². The molecule has 16 heavy (non-hydrogen) atoms. The van der Waals surface area contributed by atoms with Crippen molar-refractivity contribution in [2.45, 2.75) is 62.3 Å². The summed E-state index contributed by atoms with van der Waals surface area (Å²) in [4.78, 5) is 0. The molecule has 0 saturated carbocycles. The zero-order valence-corrected chi connectivity index (χ0v) is 13.0. The van der Waals surface area contributed by atoms with Gasteiger partial charge in [-0.25, -0.2) is 0 Å². The normalized spacial score (nSPS) is 20.2. The van der Waals surface area contributed by atoms with Gasteiger partial charge in [-0.1, -0.05) is 62.3 Å². The second-order valence-corrected chi connectivity index (χ2v) is 6.89. The van der Waals surface area contributed by atoms with Crippen LogP contribution in [0.1, 0.15) is 62.3 Å². The third-order valence-corrected chi connectivity index (χ3v) is 4.98. The van der Waals surface area contributed by atoms with Crippen LogP contribution in [-0.4, -0.2) is 0 Å². The standard InChI is InChI=1S/C16H34/c1-10(2)13(7)16(14(8)11(3)4)15(9)12(5)6/h10-16H,1-9H3. The molecule has 0 aliphatic carbocycles. The molecule has 0 aromatic heterocycles. The SMILES string of the molecule is CC(C)C(C)C(C(C)C(C)C)C(C)C(C)C. The molecule has 0 radical (unpaired) electrons. The van der Waals surface area contributed by atoms with Gasteiger partial charge in [0.05, 0.1) is 0 Å². The lowest BCUT2D eigenvalue weighted by atomic mass is 9.65. The molecule has 0 amide bonds. The van der Waals surface area contributed by atoms with Crippen molar-refractivity contribution >= 4 is 0 Å². The minimum absolute atomic E-state index is 0.799. The summed E-state index contributed by atoms with van der Waals surface area (Å²) < 4.78 is 0. The summed E-state index contributed by atoms with van der Waals surface area (Å²) in [5.41, 5.74) is 0. The lowest BCUT2D eigenvalue weighted by molar-refractivity contribution is 0.0860. The van der Waals surface area contributed by atoms with Crippen LogP contribution in [0.4, 0.5) is 0 Å². The molecule has 0 rings (SSSR count). The molecule has 0 nitrogen and oxygen atoms in total. The second-order valence-electron chi connectivity index (χ2n) is 6.89. The van der Waals surface area contributed by atoms with E-state index in [0.29, 0.717) is 0 Å². The largest absolute Gasteiger partial charge is 0.0625 e. The highest BCUT2D eigenvalue weighted by Gasteiger charge is 2.33. The maximum absolute atomic E-state index is 2.45. The van der Waals surface area contributed by atoms with E-state index in [9.17, 15) is 0 Å². The number of hydrogen-bond donors (Lipinski definition) is 0. The minimum atomic E-state index is 0.799. The van der Waals surface area contributed by atoms with E-state index in [1.807, 2.05) is 0 Å². The average Bonchev–Trinajstić information content (AvgIpc) is 2.16. The van der Waals surface area contributed by atoms with Gasteiger partial charge in [-0.3, -0.25) is 0 Å². The maximum atomic E-state index is 2.45. The van der Waals surface area contributed by atoms with E-state index in [-0.39, 0.29) is 0 Å². The Bertz CT molecular complexity index is 145. The van der Waals surface area contributed by atoms with Crippen molar-refractivity contribution in [3.8, 4) is 0 Å². The Kier molecular flexibility index (Phi) is 6.67. The van der Waals surface area contributed by atoms with Crippen LogP contribution in [0, 0.1) is 41.4 Å². The fourth-order valence-electron chi connectivity index (χ4n) is 2.77. The Balaban J connectivity index is 4.89. The number of rotatable bonds is 6. The smallest absolute Gasteiger partial charge is 0.0330 e. The Morgan fingerprint density at radius 1 is 0.375 bits per heavy atom. The van der Waals surface area contributed by atoms with Crippen LogP contribution in [0.25, 0.3) is 0 Å². The first-order valence-electron chi connectivity index (χ1n) is 7.20. The van der Waals surface area contributed by atoms with E-state index in [2.05, 4.69) is 62.3 Å². The van der Waals surface area contributed by atoms with Crippen LogP contribution in [0.2, 0.25) is 0 Å². The van der Waals surface area contributed by atoms with Crippen molar-refractivity contribution < 1.29 is 0 Å². The van der Waals surface area contributed by atoms with Gasteiger partial charge in [-0.2, -0.15) is 0 Å². The maximum Gasteiger partial charge on any atom is -0.0330 e. The summed E-state index contributed by atoms with van der Waals surface area (Å²) >= 11 is 0. The van der Waals surface area contributed by atoms with Crippen LogP contribution in [0.5, 0.6) is 0 Å². The van der Waals surface area contributed by atoms with Gasteiger partial charge < -0.3 is 0 Å². The van der Waals surface area contributed by atoms with Gasteiger partial charge in [0, 0.05) is 0 Å². The quantitative estimate of drug-likeness (QED) is 0.562. The first kappa shape index (κ1) is 16.0. The molecule has 3 atom stereocenters. The van der Waals surface area contributed by atoms with Crippen LogP contribution < -0.4 is 0 Å². The topological polar surface area (TPSA) is 0 Å². The molecule has 0 aliphatic heterocycles. The predicted molar refractivity (Wildman–Crippen MR) is 75.5 cm³/mol. The van der Waals surface area contributed by atoms with Crippen molar-refractivity contribution in [1.29, 1.82) is 0 Å². The van der Waals surface area contributed by atoms with Gasteiger partial charge in [-0.15, -0.1) is 0 Å². The van der Waals surface area contributed by atoms with Crippen LogP contribution in [0.3, 0.4) is 0 Å². The summed E-state index contributed by atoms with van der Waals surface area (Å²) in [5, 5.41) is 0. The summed E-state index contributed by atoms with van der Waals surface area (Å²) in [7, 11) is 0. The van der Waals surface area contributed by atoms with Crippen LogP contribution >= 0.6 is 0 Å².